The van der Waals surface area contributed by atoms with Crippen LogP contribution in [0.3, 0.4) is 0 Å². The quantitative estimate of drug-likeness (QED) is 0.718. The minimum atomic E-state index is -0.520. The Balaban J connectivity index is 1.90. The van der Waals surface area contributed by atoms with Gasteiger partial charge in [-0.25, -0.2) is 0 Å². The normalized spacial score (nSPS) is 19.3. The van der Waals surface area contributed by atoms with E-state index in [0.717, 1.165) is 6.61 Å². The van der Waals surface area contributed by atoms with Crippen molar-refractivity contribution >= 4 is 5.91 Å². The molecular formula is C11H17N3O3. The van der Waals surface area contributed by atoms with Crippen LogP contribution in [0, 0.1) is 0 Å². The fourth-order valence-electron chi connectivity index (χ4n) is 1.50. The highest BCUT2D eigenvalue weighted by Gasteiger charge is 2.28. The van der Waals surface area contributed by atoms with Gasteiger partial charge in [0.2, 0.25) is 0 Å². The lowest BCUT2D eigenvalue weighted by molar-refractivity contribution is -0.0378. The Morgan fingerprint density at radius 3 is 3.00 bits per heavy atom. The number of rotatable bonds is 6. The summed E-state index contributed by atoms with van der Waals surface area (Å²) in [5.41, 5.74) is 5.05. The molecule has 2 rings (SSSR count). The molecule has 0 unspecified atom stereocenters. The van der Waals surface area contributed by atoms with E-state index in [-0.39, 0.29) is 17.4 Å². The molecule has 1 saturated heterocycles. The predicted octanol–water partition coefficient (Wildman–Crippen LogP) is 0.176. The van der Waals surface area contributed by atoms with Crippen molar-refractivity contribution in [3.63, 3.8) is 0 Å². The summed E-state index contributed by atoms with van der Waals surface area (Å²) >= 11 is 0. The first-order chi connectivity index (χ1) is 7.96. The van der Waals surface area contributed by atoms with Crippen LogP contribution in [0.25, 0.3) is 0 Å². The van der Waals surface area contributed by atoms with Gasteiger partial charge in [-0.15, -0.1) is 0 Å². The van der Waals surface area contributed by atoms with E-state index in [4.69, 9.17) is 15.2 Å². The first-order valence-electron chi connectivity index (χ1n) is 5.55. The van der Waals surface area contributed by atoms with Crippen LogP contribution in [-0.2, 0) is 16.0 Å². The molecule has 1 fully saturated rings. The second-order valence-corrected chi connectivity index (χ2v) is 4.79. The van der Waals surface area contributed by atoms with Gasteiger partial charge in [0, 0.05) is 6.20 Å². The summed E-state index contributed by atoms with van der Waals surface area (Å²) in [6, 6.07) is 1.60. The minimum absolute atomic E-state index is 0.244. The van der Waals surface area contributed by atoms with Crippen molar-refractivity contribution in [2.75, 3.05) is 13.2 Å². The number of carbonyl (C=O) groups is 1. The molecule has 1 aliphatic heterocycles. The van der Waals surface area contributed by atoms with Crippen LogP contribution in [-0.4, -0.2) is 40.6 Å². The van der Waals surface area contributed by atoms with Gasteiger partial charge in [0.15, 0.2) is 0 Å². The average Bonchev–Trinajstić information content (AvgIpc) is 2.95. The van der Waals surface area contributed by atoms with Gasteiger partial charge in [0.1, 0.15) is 11.8 Å². The molecular weight excluding hydrogens is 222 g/mol. The van der Waals surface area contributed by atoms with Crippen molar-refractivity contribution in [2.45, 2.75) is 32.1 Å². The number of hydrogen-bond acceptors (Lipinski definition) is 4. The second kappa shape index (κ2) is 4.46. The number of carbonyl (C=O) groups excluding carboxylic acids is 1. The molecule has 1 aromatic heterocycles. The van der Waals surface area contributed by atoms with Crippen LogP contribution in [0.2, 0.25) is 0 Å². The lowest BCUT2D eigenvalue weighted by Gasteiger charge is -2.24. The standard InChI is InChI=1S/C11H17N3O3/c1-11(2,17-6-8-5-16-8)7-14-4-3-9(13-14)10(12)15/h3-4,8H,5-7H2,1-2H3,(H2,12,15)/t8-/m1/s1. The van der Waals surface area contributed by atoms with Gasteiger partial charge in [-0.1, -0.05) is 0 Å². The molecule has 1 atom stereocenters. The fraction of sp³-hybridized carbons (Fsp3) is 0.636. The predicted molar refractivity (Wildman–Crippen MR) is 60.5 cm³/mol. The van der Waals surface area contributed by atoms with Crippen LogP contribution in [0.15, 0.2) is 12.3 Å². The number of hydrogen-bond donors (Lipinski definition) is 1. The van der Waals surface area contributed by atoms with E-state index in [0.29, 0.717) is 13.2 Å². The molecule has 6 nitrogen and oxygen atoms in total. The summed E-state index contributed by atoms with van der Waals surface area (Å²) < 4.78 is 12.5. The summed E-state index contributed by atoms with van der Waals surface area (Å²) in [6.07, 6.45) is 1.96. The van der Waals surface area contributed by atoms with Gasteiger partial charge in [0.25, 0.3) is 5.91 Å². The zero-order chi connectivity index (χ0) is 12.5. The topological polar surface area (TPSA) is 82.7 Å². The van der Waals surface area contributed by atoms with Gasteiger partial charge in [-0.2, -0.15) is 5.10 Å². The summed E-state index contributed by atoms with van der Waals surface area (Å²) in [5, 5.41) is 4.07. The maximum absolute atomic E-state index is 10.9. The van der Waals surface area contributed by atoms with Crippen LogP contribution in [0.1, 0.15) is 24.3 Å². The van der Waals surface area contributed by atoms with E-state index in [1.807, 2.05) is 13.8 Å². The van der Waals surface area contributed by atoms with Crippen molar-refractivity contribution in [2.24, 2.45) is 5.73 Å². The van der Waals surface area contributed by atoms with Crippen LogP contribution >= 0.6 is 0 Å². The number of nitrogens with zero attached hydrogens (tertiary/aromatic N) is 2. The first kappa shape index (κ1) is 12.1. The van der Waals surface area contributed by atoms with Gasteiger partial charge in [0.05, 0.1) is 25.4 Å². The van der Waals surface area contributed by atoms with E-state index in [1.165, 1.54) is 0 Å². The fourth-order valence-corrected chi connectivity index (χ4v) is 1.50. The highest BCUT2D eigenvalue weighted by Crippen LogP contribution is 2.17. The summed E-state index contributed by atoms with van der Waals surface area (Å²) in [4.78, 5) is 10.9. The molecule has 0 radical (unpaired) electrons. The molecule has 0 aliphatic carbocycles. The molecule has 2 heterocycles. The molecule has 1 aromatic rings. The third-order valence-electron chi connectivity index (χ3n) is 2.50. The van der Waals surface area contributed by atoms with E-state index in [2.05, 4.69) is 5.10 Å². The Bertz CT molecular complexity index is 410. The monoisotopic (exact) mass is 239 g/mol. The van der Waals surface area contributed by atoms with Crippen molar-refractivity contribution in [1.29, 1.82) is 0 Å². The summed E-state index contributed by atoms with van der Waals surface area (Å²) in [5.74, 6) is -0.520. The van der Waals surface area contributed by atoms with Gasteiger partial charge < -0.3 is 15.2 Å². The third kappa shape index (κ3) is 3.54. The number of epoxide rings is 1. The average molecular weight is 239 g/mol. The lowest BCUT2D eigenvalue weighted by Crippen LogP contribution is -2.32. The summed E-state index contributed by atoms with van der Waals surface area (Å²) in [6.45, 7) is 5.88. The zero-order valence-corrected chi connectivity index (χ0v) is 10.0. The Morgan fingerprint density at radius 1 is 1.76 bits per heavy atom. The second-order valence-electron chi connectivity index (χ2n) is 4.79. The molecule has 6 heteroatoms. The summed E-state index contributed by atoms with van der Waals surface area (Å²) in [7, 11) is 0. The molecule has 0 saturated carbocycles. The van der Waals surface area contributed by atoms with Gasteiger partial charge >= 0.3 is 0 Å². The van der Waals surface area contributed by atoms with Crippen molar-refractivity contribution < 1.29 is 14.3 Å². The highest BCUT2D eigenvalue weighted by molar-refractivity contribution is 5.90. The number of aromatic nitrogens is 2. The highest BCUT2D eigenvalue weighted by atomic mass is 16.6. The molecule has 0 spiro atoms. The number of amides is 1. The molecule has 2 N–H and O–H groups in total. The molecule has 94 valence electrons. The van der Waals surface area contributed by atoms with Crippen LogP contribution < -0.4 is 5.73 Å². The van der Waals surface area contributed by atoms with E-state index in [9.17, 15) is 4.79 Å². The minimum Gasteiger partial charge on any atom is -0.371 e. The third-order valence-corrected chi connectivity index (χ3v) is 2.50. The Morgan fingerprint density at radius 2 is 2.47 bits per heavy atom. The molecule has 17 heavy (non-hydrogen) atoms. The van der Waals surface area contributed by atoms with E-state index >= 15 is 0 Å². The number of primary amides is 1. The Kier molecular flexibility index (Phi) is 3.17. The lowest BCUT2D eigenvalue weighted by atomic mass is 10.1. The van der Waals surface area contributed by atoms with Crippen molar-refractivity contribution in [3.8, 4) is 0 Å². The van der Waals surface area contributed by atoms with E-state index < -0.39 is 5.91 Å². The Labute approximate surface area is 99.7 Å². The molecule has 0 bridgehead atoms. The number of ether oxygens (including phenoxy) is 2. The van der Waals surface area contributed by atoms with Gasteiger partial charge in [-0.05, 0) is 19.9 Å². The number of nitrogens with two attached hydrogens (primary N) is 1. The zero-order valence-electron chi connectivity index (χ0n) is 10.0. The molecule has 0 aromatic carbocycles. The van der Waals surface area contributed by atoms with E-state index in [1.54, 1.807) is 16.9 Å². The maximum atomic E-state index is 10.9. The first-order valence-corrected chi connectivity index (χ1v) is 5.55. The molecule has 1 aliphatic rings. The maximum Gasteiger partial charge on any atom is 0.269 e. The van der Waals surface area contributed by atoms with Crippen LogP contribution in [0.4, 0.5) is 0 Å². The van der Waals surface area contributed by atoms with Crippen molar-refractivity contribution in [3.05, 3.63) is 18.0 Å². The SMILES string of the molecule is CC(C)(Cn1ccc(C(N)=O)n1)OC[C@H]1CO1. The van der Waals surface area contributed by atoms with Crippen LogP contribution in [0.5, 0.6) is 0 Å². The molecule has 1 amide bonds. The smallest absolute Gasteiger partial charge is 0.269 e. The van der Waals surface area contributed by atoms with Crippen molar-refractivity contribution in [1.82, 2.24) is 9.78 Å². The van der Waals surface area contributed by atoms with Gasteiger partial charge in [-0.3, -0.25) is 9.48 Å². The Hall–Kier alpha value is -1.40. The largest absolute Gasteiger partial charge is 0.371 e.